The maximum Gasteiger partial charge on any atom is 0.237 e. The molecule has 0 bridgehead atoms. The number of nitrogens with one attached hydrogen (secondary N) is 2. The van der Waals surface area contributed by atoms with Crippen LogP contribution in [0.15, 0.2) is 18.2 Å². The first-order chi connectivity index (χ1) is 14.0. The van der Waals surface area contributed by atoms with Gasteiger partial charge in [-0.25, -0.2) is 0 Å². The summed E-state index contributed by atoms with van der Waals surface area (Å²) in [7, 11) is 0. The molecule has 6 heteroatoms. The number of rotatable bonds is 7. The van der Waals surface area contributed by atoms with Crippen LogP contribution in [0.2, 0.25) is 0 Å². The monoisotopic (exact) mass is 401 g/mol. The lowest BCUT2D eigenvalue weighted by molar-refractivity contribution is -0.134. The van der Waals surface area contributed by atoms with Gasteiger partial charge in [0, 0.05) is 26.6 Å². The third-order valence-electron chi connectivity index (χ3n) is 6.16. The third-order valence-corrected chi connectivity index (χ3v) is 6.16. The van der Waals surface area contributed by atoms with Crippen molar-refractivity contribution < 1.29 is 14.7 Å². The van der Waals surface area contributed by atoms with Gasteiger partial charge in [0.25, 0.3) is 0 Å². The lowest BCUT2D eigenvalue weighted by atomic mass is 9.76. The van der Waals surface area contributed by atoms with E-state index < -0.39 is 6.10 Å². The van der Waals surface area contributed by atoms with E-state index in [1.165, 1.54) is 37.3 Å². The van der Waals surface area contributed by atoms with E-state index >= 15 is 0 Å². The van der Waals surface area contributed by atoms with Gasteiger partial charge in [0.1, 0.15) is 0 Å². The van der Waals surface area contributed by atoms with Crippen LogP contribution in [-0.2, 0) is 22.6 Å². The van der Waals surface area contributed by atoms with Gasteiger partial charge in [0.15, 0.2) is 0 Å². The molecule has 2 atom stereocenters. The molecule has 1 aliphatic carbocycles. The summed E-state index contributed by atoms with van der Waals surface area (Å²) in [5.74, 6) is 0.561. The predicted molar refractivity (Wildman–Crippen MR) is 113 cm³/mol. The molecule has 1 aliphatic heterocycles. The van der Waals surface area contributed by atoms with Gasteiger partial charge < -0.3 is 20.6 Å². The van der Waals surface area contributed by atoms with Crippen molar-refractivity contribution in [2.24, 2.45) is 5.92 Å². The zero-order valence-corrected chi connectivity index (χ0v) is 17.7. The number of nitrogens with zero attached hydrogens (tertiary/aromatic N) is 1. The zero-order chi connectivity index (χ0) is 20.8. The summed E-state index contributed by atoms with van der Waals surface area (Å²) in [6, 6.07) is 6.58. The van der Waals surface area contributed by atoms with Gasteiger partial charge in [-0.15, -0.1) is 0 Å². The highest BCUT2D eigenvalue weighted by atomic mass is 16.3. The summed E-state index contributed by atoms with van der Waals surface area (Å²) in [5, 5.41) is 15.4. The van der Waals surface area contributed by atoms with Crippen molar-refractivity contribution in [1.82, 2.24) is 15.5 Å². The molecule has 6 nitrogen and oxygen atoms in total. The molecule has 1 heterocycles. The number of amides is 2. The molecule has 0 aromatic heterocycles. The Labute approximate surface area is 174 Å². The molecule has 1 saturated carbocycles. The maximum absolute atomic E-state index is 13.1. The Balaban J connectivity index is 1.83. The second kappa shape index (κ2) is 10.2. The van der Waals surface area contributed by atoms with Crippen LogP contribution in [0.5, 0.6) is 0 Å². The summed E-state index contributed by atoms with van der Waals surface area (Å²) < 4.78 is 0. The molecule has 3 rings (SSSR count). The Morgan fingerprint density at radius 2 is 2.00 bits per heavy atom. The molecule has 1 aromatic rings. The lowest BCUT2D eigenvalue weighted by Crippen LogP contribution is -2.47. The minimum absolute atomic E-state index is 0.0347. The molecule has 0 radical (unpaired) electrons. The molecule has 1 aromatic carbocycles. The number of hydrogen-bond acceptors (Lipinski definition) is 4. The van der Waals surface area contributed by atoms with Crippen molar-refractivity contribution >= 4 is 11.8 Å². The van der Waals surface area contributed by atoms with Crippen molar-refractivity contribution in [2.45, 2.75) is 71.1 Å². The first-order valence-corrected chi connectivity index (χ1v) is 11.0. The van der Waals surface area contributed by atoms with Crippen molar-refractivity contribution in [3.05, 3.63) is 34.9 Å². The van der Waals surface area contributed by atoms with E-state index in [-0.39, 0.29) is 24.4 Å². The van der Waals surface area contributed by atoms with E-state index in [0.29, 0.717) is 19.0 Å². The number of hydrogen-bond donors (Lipinski definition) is 3. The van der Waals surface area contributed by atoms with Gasteiger partial charge in [-0.1, -0.05) is 37.5 Å². The fourth-order valence-corrected chi connectivity index (χ4v) is 4.76. The Morgan fingerprint density at radius 1 is 1.24 bits per heavy atom. The number of carbonyl (C=O) groups is 2. The van der Waals surface area contributed by atoms with Crippen LogP contribution in [-0.4, -0.2) is 47.6 Å². The second-order valence-corrected chi connectivity index (χ2v) is 8.60. The van der Waals surface area contributed by atoms with Crippen LogP contribution in [0.25, 0.3) is 0 Å². The lowest BCUT2D eigenvalue weighted by Gasteiger charge is -2.43. The van der Waals surface area contributed by atoms with Crippen LogP contribution in [0.4, 0.5) is 0 Å². The number of aliphatic hydroxyl groups excluding tert-OH is 1. The van der Waals surface area contributed by atoms with E-state index in [1.807, 2.05) is 0 Å². The van der Waals surface area contributed by atoms with Crippen LogP contribution >= 0.6 is 0 Å². The number of benzene rings is 1. The molecule has 0 spiro atoms. The van der Waals surface area contributed by atoms with Gasteiger partial charge >= 0.3 is 0 Å². The SMILES string of the molecule is CC(=O)NCc1ccc2c(c1)C(C1CCCCC1)N(C(=O)CNC[C@@H](C)O)CC2. The van der Waals surface area contributed by atoms with Gasteiger partial charge in [-0.05, 0) is 48.8 Å². The number of aliphatic hydroxyl groups is 1. The first kappa shape index (κ1) is 21.8. The quantitative estimate of drug-likeness (QED) is 0.655. The van der Waals surface area contributed by atoms with Crippen molar-refractivity contribution in [3.8, 4) is 0 Å². The molecule has 1 fully saturated rings. The van der Waals surface area contributed by atoms with Crippen molar-refractivity contribution in [3.63, 3.8) is 0 Å². The molecular weight excluding hydrogens is 366 g/mol. The largest absolute Gasteiger partial charge is 0.392 e. The average molecular weight is 402 g/mol. The Kier molecular flexibility index (Phi) is 7.67. The van der Waals surface area contributed by atoms with Gasteiger partial charge in [-0.2, -0.15) is 0 Å². The molecule has 2 aliphatic rings. The maximum atomic E-state index is 13.1. The fraction of sp³-hybridized carbons (Fsp3) is 0.652. The summed E-state index contributed by atoms with van der Waals surface area (Å²) >= 11 is 0. The van der Waals surface area contributed by atoms with Gasteiger partial charge in [0.05, 0.1) is 18.7 Å². The highest BCUT2D eigenvalue weighted by Gasteiger charge is 2.36. The number of carbonyl (C=O) groups excluding carboxylic acids is 2. The van der Waals surface area contributed by atoms with E-state index in [0.717, 1.165) is 31.4 Å². The van der Waals surface area contributed by atoms with Crippen LogP contribution in [0, 0.1) is 5.92 Å². The molecule has 160 valence electrons. The van der Waals surface area contributed by atoms with E-state index in [9.17, 15) is 14.7 Å². The highest BCUT2D eigenvalue weighted by Crippen LogP contribution is 2.42. The average Bonchev–Trinajstić information content (AvgIpc) is 2.71. The summed E-state index contributed by atoms with van der Waals surface area (Å²) in [6.45, 7) is 5.19. The normalized spacial score (nSPS) is 20.8. The van der Waals surface area contributed by atoms with E-state index in [4.69, 9.17) is 0 Å². The van der Waals surface area contributed by atoms with Crippen LogP contribution in [0.3, 0.4) is 0 Å². The van der Waals surface area contributed by atoms with E-state index in [1.54, 1.807) is 6.92 Å². The van der Waals surface area contributed by atoms with Gasteiger partial charge in [0.2, 0.25) is 11.8 Å². The summed E-state index contributed by atoms with van der Waals surface area (Å²) in [5.41, 5.74) is 3.67. The standard InChI is InChI=1S/C23H35N3O3/c1-16(27)13-24-15-22(29)26-11-10-19-9-8-18(14-25-17(2)28)12-21(19)23(26)20-6-4-3-5-7-20/h8-9,12,16,20,23-24,27H,3-7,10-11,13-15H2,1-2H3,(H,25,28)/t16-,23?/m1/s1. The Morgan fingerprint density at radius 3 is 2.69 bits per heavy atom. The van der Waals surface area contributed by atoms with Crippen molar-refractivity contribution in [1.29, 1.82) is 0 Å². The number of fused-ring (bicyclic) bond motifs is 1. The minimum atomic E-state index is -0.463. The van der Waals surface area contributed by atoms with Gasteiger partial charge in [-0.3, -0.25) is 9.59 Å². The summed E-state index contributed by atoms with van der Waals surface area (Å²) in [6.07, 6.45) is 6.45. The predicted octanol–water partition coefficient (Wildman–Crippen LogP) is 2.30. The minimum Gasteiger partial charge on any atom is -0.392 e. The molecule has 29 heavy (non-hydrogen) atoms. The Hall–Kier alpha value is -1.92. The Bertz CT molecular complexity index is 713. The second-order valence-electron chi connectivity index (χ2n) is 8.60. The molecular formula is C23H35N3O3. The smallest absolute Gasteiger partial charge is 0.237 e. The molecule has 1 unspecified atom stereocenters. The third kappa shape index (κ3) is 5.80. The summed E-state index contributed by atoms with van der Waals surface area (Å²) in [4.78, 5) is 26.5. The first-order valence-electron chi connectivity index (χ1n) is 11.0. The molecule has 2 amide bonds. The zero-order valence-electron chi connectivity index (χ0n) is 17.7. The molecule has 0 saturated heterocycles. The fourth-order valence-electron chi connectivity index (χ4n) is 4.76. The van der Waals surface area contributed by atoms with Crippen LogP contribution in [0.1, 0.15) is 68.7 Å². The van der Waals surface area contributed by atoms with Crippen LogP contribution < -0.4 is 10.6 Å². The molecule has 3 N–H and O–H groups in total. The van der Waals surface area contributed by atoms with Crippen molar-refractivity contribution in [2.75, 3.05) is 19.6 Å². The topological polar surface area (TPSA) is 81.7 Å². The van der Waals surface area contributed by atoms with E-state index in [2.05, 4.69) is 33.7 Å². The highest BCUT2D eigenvalue weighted by molar-refractivity contribution is 5.79.